The lowest BCUT2D eigenvalue weighted by molar-refractivity contribution is -0.114. The molecule has 36 heavy (non-hydrogen) atoms. The van der Waals surface area contributed by atoms with Crippen molar-refractivity contribution in [1.29, 1.82) is 0 Å². The van der Waals surface area contributed by atoms with Crippen molar-refractivity contribution in [3.63, 3.8) is 0 Å². The molecule has 0 aliphatic carbocycles. The van der Waals surface area contributed by atoms with Crippen LogP contribution in [0.25, 0.3) is 0 Å². The van der Waals surface area contributed by atoms with Gasteiger partial charge in [-0.2, -0.15) is 0 Å². The summed E-state index contributed by atoms with van der Waals surface area (Å²) in [6.45, 7) is 6.75. The Morgan fingerprint density at radius 1 is 1.19 bits per heavy atom. The summed E-state index contributed by atoms with van der Waals surface area (Å²) >= 11 is 7.25. The largest absolute Gasteiger partial charge is 0.444 e. The van der Waals surface area contributed by atoms with Gasteiger partial charge in [-0.25, -0.2) is 13.2 Å². The van der Waals surface area contributed by atoms with Gasteiger partial charge in [0.05, 0.1) is 10.1 Å². The maximum Gasteiger partial charge on any atom is 0.410 e. The fourth-order valence-electron chi connectivity index (χ4n) is 4.14. The van der Waals surface area contributed by atoms with Crippen molar-refractivity contribution in [1.82, 2.24) is 9.62 Å². The molecule has 3 heterocycles. The number of carbonyl (C=O) groups excluding carboxylic acids is 2. The summed E-state index contributed by atoms with van der Waals surface area (Å²) in [5.41, 5.74) is 2.20. The summed E-state index contributed by atoms with van der Waals surface area (Å²) in [6.07, 6.45) is 3.18. The molecule has 194 valence electrons. The number of amides is 2. The van der Waals surface area contributed by atoms with Crippen LogP contribution in [0.15, 0.2) is 42.1 Å². The highest BCUT2D eigenvalue weighted by atomic mass is 35.5. The number of anilines is 1. The second-order valence-electron chi connectivity index (χ2n) is 9.87. The van der Waals surface area contributed by atoms with Gasteiger partial charge in [0, 0.05) is 30.2 Å². The fraction of sp³-hybridized carbons (Fsp3) is 0.440. The van der Waals surface area contributed by atoms with Crippen LogP contribution in [0.5, 0.6) is 0 Å². The van der Waals surface area contributed by atoms with E-state index < -0.39 is 21.5 Å². The van der Waals surface area contributed by atoms with Gasteiger partial charge < -0.3 is 14.5 Å². The Morgan fingerprint density at radius 2 is 1.97 bits per heavy atom. The molecule has 0 bridgehead atoms. The monoisotopic (exact) mass is 551 g/mol. The molecule has 0 fully saturated rings. The number of benzene rings is 1. The Balaban J connectivity index is 1.42. The Kier molecular flexibility index (Phi) is 7.68. The number of carbonyl (C=O) groups is 2. The van der Waals surface area contributed by atoms with E-state index in [4.69, 9.17) is 16.3 Å². The zero-order chi connectivity index (χ0) is 26.1. The van der Waals surface area contributed by atoms with E-state index in [0.29, 0.717) is 29.5 Å². The van der Waals surface area contributed by atoms with Crippen LogP contribution in [0.4, 0.5) is 10.5 Å². The molecular weight excluding hydrogens is 522 g/mol. The zero-order valence-electron chi connectivity index (χ0n) is 20.5. The lowest BCUT2D eigenvalue weighted by Crippen LogP contribution is -2.36. The average Bonchev–Trinajstić information content (AvgIpc) is 3.28. The van der Waals surface area contributed by atoms with Crippen LogP contribution < -0.4 is 9.62 Å². The van der Waals surface area contributed by atoms with Crippen LogP contribution in [0, 0.1) is 0 Å². The number of halogens is 1. The number of hydrogen-bond acceptors (Lipinski definition) is 6. The number of aryl methyl sites for hydroxylation is 2. The number of fused-ring (bicyclic) bond motifs is 1. The standard InChI is InChI=1S/C25H30ClN3O5S2/c1-25(2,3)34-24(31)28-12-4-5-17-6-7-19(15-18(17)16-28)29-13-10-21(23(29)30)27-36(32,33)14-11-20-8-9-22(26)35-20/h6-10,15,27H,4-5,11-14,16H2,1-3H3. The van der Waals surface area contributed by atoms with Crippen molar-refractivity contribution in [3.05, 3.63) is 62.4 Å². The first-order valence-electron chi connectivity index (χ1n) is 11.8. The minimum absolute atomic E-state index is 0.0459. The molecule has 0 saturated carbocycles. The molecule has 1 aromatic carbocycles. The van der Waals surface area contributed by atoms with E-state index in [0.717, 1.165) is 28.8 Å². The molecule has 0 radical (unpaired) electrons. The first kappa shape index (κ1) is 26.5. The Hall–Kier alpha value is -2.56. The summed E-state index contributed by atoms with van der Waals surface area (Å²) in [4.78, 5) is 29.8. The summed E-state index contributed by atoms with van der Waals surface area (Å²) in [5, 5.41) is 0. The van der Waals surface area contributed by atoms with Gasteiger partial charge in [0.2, 0.25) is 10.0 Å². The van der Waals surface area contributed by atoms with E-state index in [9.17, 15) is 18.0 Å². The van der Waals surface area contributed by atoms with E-state index in [-0.39, 0.29) is 24.1 Å². The minimum Gasteiger partial charge on any atom is -0.444 e. The van der Waals surface area contributed by atoms with Crippen LogP contribution in [-0.2, 0) is 38.9 Å². The predicted molar refractivity (Wildman–Crippen MR) is 142 cm³/mol. The highest BCUT2D eigenvalue weighted by Crippen LogP contribution is 2.28. The first-order chi connectivity index (χ1) is 16.9. The fourth-order valence-corrected chi connectivity index (χ4v) is 6.46. The lowest BCUT2D eigenvalue weighted by atomic mass is 10.0. The Morgan fingerprint density at radius 3 is 2.67 bits per heavy atom. The van der Waals surface area contributed by atoms with Crippen LogP contribution >= 0.6 is 22.9 Å². The number of nitrogens with zero attached hydrogens (tertiary/aromatic N) is 2. The van der Waals surface area contributed by atoms with Crippen LogP contribution in [-0.4, -0.2) is 49.8 Å². The smallest absolute Gasteiger partial charge is 0.410 e. The van der Waals surface area contributed by atoms with Gasteiger partial charge >= 0.3 is 6.09 Å². The Labute approximate surface area is 220 Å². The molecule has 2 aliphatic heterocycles. The molecule has 0 unspecified atom stereocenters. The number of rotatable bonds is 6. The van der Waals surface area contributed by atoms with Crippen LogP contribution in [0.3, 0.4) is 0 Å². The van der Waals surface area contributed by atoms with Crippen LogP contribution in [0.1, 0.15) is 43.2 Å². The van der Waals surface area contributed by atoms with Crippen LogP contribution in [0.2, 0.25) is 4.34 Å². The minimum atomic E-state index is -3.70. The third kappa shape index (κ3) is 6.60. The summed E-state index contributed by atoms with van der Waals surface area (Å²) in [6, 6.07) is 9.28. The summed E-state index contributed by atoms with van der Waals surface area (Å²) in [5.74, 6) is -0.552. The van der Waals surface area contributed by atoms with E-state index >= 15 is 0 Å². The molecule has 0 spiro atoms. The maximum absolute atomic E-state index is 13.1. The topological polar surface area (TPSA) is 96.0 Å². The van der Waals surface area contributed by atoms with Crippen molar-refractivity contribution in [3.8, 4) is 0 Å². The van der Waals surface area contributed by atoms with Crippen molar-refractivity contribution in [2.75, 3.05) is 23.7 Å². The SMILES string of the molecule is CC(C)(C)OC(=O)N1CCCc2ccc(N3CC=C(NS(=O)(=O)CCc4ccc(Cl)s4)C3=O)cc2C1. The molecule has 11 heteroatoms. The summed E-state index contributed by atoms with van der Waals surface area (Å²) in [7, 11) is -3.70. The molecule has 8 nitrogen and oxygen atoms in total. The van der Waals surface area contributed by atoms with Gasteiger partial charge in [0.15, 0.2) is 0 Å². The second-order valence-corrected chi connectivity index (χ2v) is 13.5. The van der Waals surface area contributed by atoms with Gasteiger partial charge in [-0.1, -0.05) is 17.7 Å². The van der Waals surface area contributed by atoms with Gasteiger partial charge in [0.25, 0.3) is 5.91 Å². The van der Waals surface area contributed by atoms with E-state index in [1.807, 2.05) is 39.0 Å². The molecule has 1 aromatic heterocycles. The number of thiophene rings is 1. The van der Waals surface area contributed by atoms with E-state index in [1.165, 1.54) is 16.2 Å². The molecule has 0 atom stereocenters. The third-order valence-corrected chi connectivity index (χ3v) is 8.42. The lowest BCUT2D eigenvalue weighted by Gasteiger charge is -2.27. The molecule has 0 saturated heterocycles. The van der Waals surface area contributed by atoms with Crippen molar-refractivity contribution >= 4 is 50.6 Å². The number of ether oxygens (including phenoxy) is 1. The molecule has 4 rings (SSSR count). The van der Waals surface area contributed by atoms with Crippen molar-refractivity contribution in [2.24, 2.45) is 0 Å². The number of sulfonamides is 1. The number of nitrogens with one attached hydrogen (secondary N) is 1. The van der Waals surface area contributed by atoms with Crippen molar-refractivity contribution in [2.45, 2.75) is 52.2 Å². The normalized spacial score (nSPS) is 16.4. The third-order valence-electron chi connectivity index (χ3n) is 5.85. The molecular formula is C25H30ClN3O5S2. The Bertz CT molecular complexity index is 1300. The second kappa shape index (κ2) is 10.4. The highest BCUT2D eigenvalue weighted by molar-refractivity contribution is 7.89. The molecule has 2 aliphatic rings. The van der Waals surface area contributed by atoms with Crippen molar-refractivity contribution < 1.29 is 22.7 Å². The number of hydrogen-bond donors (Lipinski definition) is 1. The van der Waals surface area contributed by atoms with Gasteiger partial charge in [-0.05, 0) is 81.5 Å². The molecule has 1 N–H and O–H groups in total. The van der Waals surface area contributed by atoms with E-state index in [1.54, 1.807) is 23.1 Å². The maximum atomic E-state index is 13.1. The average molecular weight is 552 g/mol. The summed E-state index contributed by atoms with van der Waals surface area (Å²) < 4.78 is 33.8. The quantitative estimate of drug-likeness (QED) is 0.571. The molecule has 2 amide bonds. The van der Waals surface area contributed by atoms with E-state index in [2.05, 4.69) is 4.72 Å². The van der Waals surface area contributed by atoms with Gasteiger partial charge in [-0.3, -0.25) is 9.52 Å². The van der Waals surface area contributed by atoms with Gasteiger partial charge in [-0.15, -0.1) is 11.3 Å². The first-order valence-corrected chi connectivity index (χ1v) is 14.6. The highest BCUT2D eigenvalue weighted by Gasteiger charge is 2.30. The predicted octanol–water partition coefficient (Wildman–Crippen LogP) is 4.48. The van der Waals surface area contributed by atoms with Gasteiger partial charge in [0.1, 0.15) is 11.3 Å². The molecule has 2 aromatic rings. The zero-order valence-corrected chi connectivity index (χ0v) is 22.9.